The summed E-state index contributed by atoms with van der Waals surface area (Å²) in [7, 11) is 0. The van der Waals surface area contributed by atoms with Gasteiger partial charge in [-0.1, -0.05) is 0 Å². The molecule has 0 bridgehead atoms. The first kappa shape index (κ1) is 13.8. The Morgan fingerprint density at radius 3 is 2.68 bits per heavy atom. The summed E-state index contributed by atoms with van der Waals surface area (Å²) in [6.07, 6.45) is 1.38. The maximum Gasteiger partial charge on any atom is 0.137 e. The van der Waals surface area contributed by atoms with Crippen LogP contribution in [0.3, 0.4) is 0 Å². The number of nitrogens with one attached hydrogen (secondary N) is 3. The molecule has 19 heavy (non-hydrogen) atoms. The third kappa shape index (κ3) is 3.23. The maximum absolute atomic E-state index is 7.56. The first-order chi connectivity index (χ1) is 9.11. The zero-order chi connectivity index (χ0) is 13.8. The minimum Gasteiger partial charge on any atom is -0.367 e. The molecule has 0 aromatic carbocycles. The van der Waals surface area contributed by atoms with Gasteiger partial charge in [0, 0.05) is 44.0 Å². The quantitative estimate of drug-likeness (QED) is 0.721. The van der Waals surface area contributed by atoms with E-state index in [-0.39, 0.29) is 0 Å². The Balaban J connectivity index is 2.34. The van der Waals surface area contributed by atoms with Crippen molar-refractivity contribution in [3.8, 4) is 0 Å². The van der Waals surface area contributed by atoms with Crippen LogP contribution >= 0.6 is 0 Å². The molecule has 0 aliphatic carbocycles. The van der Waals surface area contributed by atoms with E-state index in [0.717, 1.165) is 48.9 Å². The van der Waals surface area contributed by atoms with E-state index in [9.17, 15) is 0 Å². The van der Waals surface area contributed by atoms with Crippen molar-refractivity contribution in [3.63, 3.8) is 0 Å². The molecule has 0 unspecified atom stereocenters. The van der Waals surface area contributed by atoms with Gasteiger partial charge in [-0.2, -0.15) is 0 Å². The van der Waals surface area contributed by atoms with Crippen LogP contribution in [0.4, 0.5) is 11.6 Å². The van der Waals surface area contributed by atoms with E-state index >= 15 is 0 Å². The van der Waals surface area contributed by atoms with Crippen LogP contribution in [0.15, 0.2) is 6.07 Å². The van der Waals surface area contributed by atoms with Gasteiger partial charge in [-0.25, -0.2) is 4.98 Å². The van der Waals surface area contributed by atoms with Gasteiger partial charge in [0.15, 0.2) is 0 Å². The van der Waals surface area contributed by atoms with E-state index in [1.165, 1.54) is 6.21 Å². The summed E-state index contributed by atoms with van der Waals surface area (Å²) in [6, 6.07) is 2.39. The van der Waals surface area contributed by atoms with Gasteiger partial charge in [-0.05, 0) is 32.4 Å². The number of piperazine rings is 1. The van der Waals surface area contributed by atoms with Crippen molar-refractivity contribution in [2.24, 2.45) is 0 Å². The average molecular weight is 261 g/mol. The molecule has 1 aromatic rings. The summed E-state index contributed by atoms with van der Waals surface area (Å²) in [5.41, 5.74) is 1.98. The summed E-state index contributed by atoms with van der Waals surface area (Å²) in [6.45, 7) is 10.2. The molecule has 1 aliphatic rings. The van der Waals surface area contributed by atoms with Crippen molar-refractivity contribution < 1.29 is 0 Å². The number of pyridine rings is 1. The highest BCUT2D eigenvalue weighted by atomic mass is 15.2. The summed E-state index contributed by atoms with van der Waals surface area (Å²) in [5.74, 6) is 1.83. The molecule has 1 saturated heterocycles. The zero-order valence-electron chi connectivity index (χ0n) is 12.0. The number of anilines is 2. The van der Waals surface area contributed by atoms with E-state index in [0.29, 0.717) is 6.04 Å². The molecule has 5 nitrogen and oxygen atoms in total. The number of aryl methyl sites for hydroxylation is 1. The van der Waals surface area contributed by atoms with E-state index in [1.807, 2.05) is 6.92 Å². The Hall–Kier alpha value is -1.62. The van der Waals surface area contributed by atoms with Gasteiger partial charge in [-0.3, -0.25) is 0 Å². The molecule has 2 heterocycles. The van der Waals surface area contributed by atoms with Gasteiger partial charge in [0.05, 0.1) is 0 Å². The fourth-order valence-corrected chi connectivity index (χ4v) is 2.29. The highest BCUT2D eigenvalue weighted by Gasteiger charge is 2.15. The average Bonchev–Trinajstić information content (AvgIpc) is 2.38. The topological polar surface area (TPSA) is 64.0 Å². The molecule has 0 atom stereocenters. The van der Waals surface area contributed by atoms with Crippen molar-refractivity contribution in [2.45, 2.75) is 26.8 Å². The monoisotopic (exact) mass is 261 g/mol. The predicted molar refractivity (Wildman–Crippen MR) is 80.7 cm³/mol. The Morgan fingerprint density at radius 1 is 1.42 bits per heavy atom. The number of rotatable bonds is 4. The van der Waals surface area contributed by atoms with E-state index in [4.69, 9.17) is 10.4 Å². The van der Waals surface area contributed by atoms with E-state index < -0.39 is 0 Å². The van der Waals surface area contributed by atoms with Crippen molar-refractivity contribution in [3.05, 3.63) is 17.2 Å². The second-order valence-corrected chi connectivity index (χ2v) is 5.24. The van der Waals surface area contributed by atoms with Crippen LogP contribution in [0.5, 0.6) is 0 Å². The third-order valence-electron chi connectivity index (χ3n) is 3.26. The van der Waals surface area contributed by atoms with Crippen LogP contribution in [0.25, 0.3) is 0 Å². The Bertz CT molecular complexity index is 449. The van der Waals surface area contributed by atoms with Gasteiger partial charge < -0.3 is 20.9 Å². The smallest absolute Gasteiger partial charge is 0.137 e. The third-order valence-corrected chi connectivity index (χ3v) is 3.26. The molecule has 0 spiro atoms. The molecule has 104 valence electrons. The molecule has 0 amide bonds. The Morgan fingerprint density at radius 2 is 2.11 bits per heavy atom. The molecular weight excluding hydrogens is 238 g/mol. The summed E-state index contributed by atoms with van der Waals surface area (Å²) < 4.78 is 0. The van der Waals surface area contributed by atoms with Crippen molar-refractivity contribution >= 4 is 17.9 Å². The predicted octanol–water partition coefficient (Wildman–Crippen LogP) is 1.62. The molecule has 0 saturated carbocycles. The molecular formula is C14H23N5. The lowest BCUT2D eigenvalue weighted by Crippen LogP contribution is -2.44. The van der Waals surface area contributed by atoms with Crippen LogP contribution < -0.4 is 15.5 Å². The van der Waals surface area contributed by atoms with Crippen LogP contribution in [0.1, 0.15) is 25.0 Å². The van der Waals surface area contributed by atoms with Gasteiger partial charge in [0.1, 0.15) is 11.6 Å². The fourth-order valence-electron chi connectivity index (χ4n) is 2.29. The number of hydrogen-bond acceptors (Lipinski definition) is 5. The first-order valence-corrected chi connectivity index (χ1v) is 6.86. The van der Waals surface area contributed by atoms with Crippen LogP contribution in [0.2, 0.25) is 0 Å². The summed E-state index contributed by atoms with van der Waals surface area (Å²) in [4.78, 5) is 7.00. The molecule has 0 radical (unpaired) electrons. The lowest BCUT2D eigenvalue weighted by atomic mass is 10.1. The van der Waals surface area contributed by atoms with Crippen molar-refractivity contribution in [2.75, 3.05) is 36.4 Å². The Kier molecular flexibility index (Phi) is 4.37. The molecule has 2 rings (SSSR count). The molecule has 1 aliphatic heterocycles. The minimum atomic E-state index is 0.309. The number of aromatic nitrogens is 1. The van der Waals surface area contributed by atoms with Crippen molar-refractivity contribution in [1.82, 2.24) is 10.3 Å². The number of nitrogens with zero attached hydrogens (tertiary/aromatic N) is 2. The normalized spacial score (nSPS) is 15.7. The Labute approximate surface area is 114 Å². The summed E-state index contributed by atoms with van der Waals surface area (Å²) >= 11 is 0. The lowest BCUT2D eigenvalue weighted by molar-refractivity contribution is 0.585. The molecule has 3 N–H and O–H groups in total. The molecule has 5 heteroatoms. The standard InChI is InChI=1S/C14H23N5/c1-10(2)17-14-12(9-15)11(3)8-13(18-14)19-6-4-16-5-7-19/h8-10,15-16H,4-7H2,1-3H3,(H,17,18). The lowest BCUT2D eigenvalue weighted by Gasteiger charge is -2.29. The largest absolute Gasteiger partial charge is 0.367 e. The zero-order valence-corrected chi connectivity index (χ0v) is 12.0. The first-order valence-electron chi connectivity index (χ1n) is 6.86. The van der Waals surface area contributed by atoms with Crippen LogP contribution in [-0.2, 0) is 0 Å². The minimum absolute atomic E-state index is 0.309. The van der Waals surface area contributed by atoms with Crippen LogP contribution in [-0.4, -0.2) is 43.4 Å². The second kappa shape index (κ2) is 6.02. The van der Waals surface area contributed by atoms with Crippen LogP contribution in [0, 0.1) is 12.3 Å². The van der Waals surface area contributed by atoms with Crippen molar-refractivity contribution in [1.29, 1.82) is 5.41 Å². The highest BCUT2D eigenvalue weighted by Crippen LogP contribution is 2.23. The molecule has 1 aromatic heterocycles. The van der Waals surface area contributed by atoms with E-state index in [1.54, 1.807) is 0 Å². The maximum atomic E-state index is 7.56. The molecule has 1 fully saturated rings. The highest BCUT2D eigenvalue weighted by molar-refractivity contribution is 5.87. The van der Waals surface area contributed by atoms with Gasteiger partial charge in [-0.15, -0.1) is 0 Å². The van der Waals surface area contributed by atoms with Gasteiger partial charge >= 0.3 is 0 Å². The summed E-state index contributed by atoms with van der Waals surface area (Å²) in [5, 5.41) is 14.2. The van der Waals surface area contributed by atoms with Gasteiger partial charge in [0.2, 0.25) is 0 Å². The second-order valence-electron chi connectivity index (χ2n) is 5.24. The fraction of sp³-hybridized carbons (Fsp3) is 0.571. The van der Waals surface area contributed by atoms with E-state index in [2.05, 4.69) is 35.4 Å². The van der Waals surface area contributed by atoms with Gasteiger partial charge in [0.25, 0.3) is 0 Å². The number of hydrogen-bond donors (Lipinski definition) is 3. The SMILES string of the molecule is Cc1cc(N2CCNCC2)nc(NC(C)C)c1C=N.